The Hall–Kier alpha value is -1.65. The molecule has 0 bridgehead atoms. The molecule has 0 aliphatic carbocycles. The molecule has 3 nitrogen and oxygen atoms in total. The smallest absolute Gasteiger partial charge is 0.169 e. The van der Waals surface area contributed by atoms with Gasteiger partial charge in [0.15, 0.2) is 4.67 Å². The minimum atomic E-state index is -0.763. The lowest BCUT2D eigenvalue weighted by molar-refractivity contribution is 0.188. The first-order valence-corrected chi connectivity index (χ1v) is 6.31. The second-order valence-electron chi connectivity index (χ2n) is 4.00. The van der Waals surface area contributed by atoms with E-state index in [1.54, 1.807) is 18.3 Å². The Morgan fingerprint density at radius 2 is 2.06 bits per heavy atom. The van der Waals surface area contributed by atoms with Crippen LogP contribution in [0.15, 0.2) is 57.7 Å². The maximum Gasteiger partial charge on any atom is 0.169 e. The van der Waals surface area contributed by atoms with Crippen molar-refractivity contribution in [2.45, 2.75) is 6.10 Å². The van der Waals surface area contributed by atoms with Gasteiger partial charge in [0.1, 0.15) is 11.9 Å². The quantitative estimate of drug-likeness (QED) is 0.785. The zero-order valence-electron chi connectivity index (χ0n) is 9.38. The number of fused-ring (bicyclic) bond motifs is 1. The summed E-state index contributed by atoms with van der Waals surface area (Å²) in [6, 6.07) is 13.0. The standard InChI is InChI=1S/C14H10BrNO2/c15-13-6-5-12(18-13)14(17)10-3-4-11-9(8-10)2-1-7-16-11/h1-8,14,17H. The van der Waals surface area contributed by atoms with Gasteiger partial charge >= 0.3 is 0 Å². The molecule has 0 radical (unpaired) electrons. The molecule has 0 saturated carbocycles. The van der Waals surface area contributed by atoms with Crippen molar-refractivity contribution in [1.29, 1.82) is 0 Å². The molecule has 18 heavy (non-hydrogen) atoms. The number of benzene rings is 1. The van der Waals surface area contributed by atoms with Gasteiger partial charge < -0.3 is 9.52 Å². The largest absolute Gasteiger partial charge is 0.451 e. The van der Waals surface area contributed by atoms with Gasteiger partial charge in [0.05, 0.1) is 5.52 Å². The van der Waals surface area contributed by atoms with E-state index in [0.29, 0.717) is 10.4 Å². The molecular formula is C14H10BrNO2. The number of nitrogens with zero attached hydrogens (tertiary/aromatic N) is 1. The summed E-state index contributed by atoms with van der Waals surface area (Å²) >= 11 is 3.22. The van der Waals surface area contributed by atoms with Crippen LogP contribution in [0.3, 0.4) is 0 Å². The molecule has 1 unspecified atom stereocenters. The molecule has 0 aliphatic heterocycles. The Morgan fingerprint density at radius 3 is 2.83 bits per heavy atom. The highest BCUT2D eigenvalue weighted by molar-refractivity contribution is 9.10. The number of pyridine rings is 1. The average molecular weight is 304 g/mol. The van der Waals surface area contributed by atoms with Gasteiger partial charge in [-0.25, -0.2) is 0 Å². The van der Waals surface area contributed by atoms with E-state index in [1.807, 2.05) is 30.3 Å². The van der Waals surface area contributed by atoms with Crippen molar-refractivity contribution < 1.29 is 9.52 Å². The SMILES string of the molecule is OC(c1ccc2ncccc2c1)c1ccc(Br)o1. The Kier molecular flexibility index (Phi) is 2.89. The third kappa shape index (κ3) is 2.05. The number of aromatic nitrogens is 1. The maximum atomic E-state index is 10.2. The fraction of sp³-hybridized carbons (Fsp3) is 0.0714. The van der Waals surface area contributed by atoms with Crippen LogP contribution in [0.5, 0.6) is 0 Å². The van der Waals surface area contributed by atoms with Gasteiger partial charge in [-0.15, -0.1) is 0 Å². The fourth-order valence-electron chi connectivity index (χ4n) is 1.90. The minimum absolute atomic E-state index is 0.519. The number of hydrogen-bond donors (Lipinski definition) is 1. The van der Waals surface area contributed by atoms with E-state index in [2.05, 4.69) is 20.9 Å². The van der Waals surface area contributed by atoms with E-state index in [4.69, 9.17) is 4.42 Å². The van der Waals surface area contributed by atoms with Gasteiger partial charge in [0.2, 0.25) is 0 Å². The molecule has 2 aromatic heterocycles. The molecule has 0 aliphatic rings. The molecule has 0 spiro atoms. The summed E-state index contributed by atoms with van der Waals surface area (Å²) in [5.74, 6) is 0.519. The molecule has 3 aromatic rings. The average Bonchev–Trinajstić information content (AvgIpc) is 2.84. The molecule has 2 heterocycles. The first kappa shape index (κ1) is 11.4. The van der Waals surface area contributed by atoms with Gasteiger partial charge in [-0.05, 0) is 51.8 Å². The van der Waals surface area contributed by atoms with E-state index >= 15 is 0 Å². The topological polar surface area (TPSA) is 46.3 Å². The molecule has 0 saturated heterocycles. The zero-order chi connectivity index (χ0) is 12.5. The molecular weight excluding hydrogens is 294 g/mol. The summed E-state index contributed by atoms with van der Waals surface area (Å²) in [5.41, 5.74) is 1.70. The summed E-state index contributed by atoms with van der Waals surface area (Å²) in [7, 11) is 0. The highest BCUT2D eigenvalue weighted by Gasteiger charge is 2.14. The molecule has 1 aromatic carbocycles. The zero-order valence-corrected chi connectivity index (χ0v) is 11.0. The van der Waals surface area contributed by atoms with Gasteiger partial charge in [0.25, 0.3) is 0 Å². The minimum Gasteiger partial charge on any atom is -0.451 e. The number of aliphatic hydroxyl groups is 1. The highest BCUT2D eigenvalue weighted by atomic mass is 79.9. The fourth-order valence-corrected chi connectivity index (χ4v) is 2.22. The summed E-state index contributed by atoms with van der Waals surface area (Å²) in [5, 5.41) is 11.2. The van der Waals surface area contributed by atoms with Gasteiger partial charge in [-0.3, -0.25) is 4.98 Å². The highest BCUT2D eigenvalue weighted by Crippen LogP contribution is 2.27. The van der Waals surface area contributed by atoms with Crippen molar-refractivity contribution in [2.75, 3.05) is 0 Å². The van der Waals surface area contributed by atoms with Crippen LogP contribution < -0.4 is 0 Å². The Balaban J connectivity index is 2.03. The first-order chi connectivity index (χ1) is 8.74. The normalized spacial score (nSPS) is 12.8. The Bertz CT molecular complexity index is 693. The summed E-state index contributed by atoms with van der Waals surface area (Å²) in [6.07, 6.45) is 0.989. The van der Waals surface area contributed by atoms with Crippen LogP contribution in [0.4, 0.5) is 0 Å². The Labute approximate surface area is 112 Å². The number of rotatable bonds is 2. The van der Waals surface area contributed by atoms with Crippen molar-refractivity contribution in [2.24, 2.45) is 0 Å². The van der Waals surface area contributed by atoms with Crippen molar-refractivity contribution in [3.05, 3.63) is 64.7 Å². The van der Waals surface area contributed by atoms with Crippen molar-refractivity contribution in [3.8, 4) is 0 Å². The molecule has 3 rings (SSSR count). The number of hydrogen-bond acceptors (Lipinski definition) is 3. The second kappa shape index (κ2) is 4.55. The van der Waals surface area contributed by atoms with E-state index in [9.17, 15) is 5.11 Å². The van der Waals surface area contributed by atoms with E-state index in [0.717, 1.165) is 16.5 Å². The predicted molar refractivity (Wildman–Crippen MR) is 72.2 cm³/mol. The van der Waals surface area contributed by atoms with E-state index < -0.39 is 6.10 Å². The maximum absolute atomic E-state index is 10.2. The Morgan fingerprint density at radius 1 is 1.17 bits per heavy atom. The monoisotopic (exact) mass is 303 g/mol. The second-order valence-corrected chi connectivity index (χ2v) is 4.78. The summed E-state index contributed by atoms with van der Waals surface area (Å²) in [4.78, 5) is 4.25. The summed E-state index contributed by atoms with van der Waals surface area (Å²) < 4.78 is 5.97. The van der Waals surface area contributed by atoms with Crippen molar-refractivity contribution in [1.82, 2.24) is 4.98 Å². The third-order valence-electron chi connectivity index (χ3n) is 2.81. The predicted octanol–water partition coefficient (Wildman–Crippen LogP) is 3.67. The van der Waals surface area contributed by atoms with Crippen LogP contribution in [-0.2, 0) is 0 Å². The number of halogens is 1. The lowest BCUT2D eigenvalue weighted by atomic mass is 10.0. The van der Waals surface area contributed by atoms with Gasteiger partial charge in [-0.2, -0.15) is 0 Å². The summed E-state index contributed by atoms with van der Waals surface area (Å²) in [6.45, 7) is 0. The van der Waals surface area contributed by atoms with Crippen LogP contribution in [0.25, 0.3) is 10.9 Å². The van der Waals surface area contributed by atoms with E-state index in [1.165, 1.54) is 0 Å². The molecule has 90 valence electrons. The molecule has 1 N–H and O–H groups in total. The van der Waals surface area contributed by atoms with Crippen LogP contribution in [-0.4, -0.2) is 10.1 Å². The van der Waals surface area contributed by atoms with Crippen molar-refractivity contribution >= 4 is 26.8 Å². The first-order valence-electron chi connectivity index (χ1n) is 5.52. The van der Waals surface area contributed by atoms with Crippen LogP contribution in [0.2, 0.25) is 0 Å². The molecule has 0 amide bonds. The third-order valence-corrected chi connectivity index (χ3v) is 3.23. The number of furan rings is 1. The van der Waals surface area contributed by atoms with Crippen LogP contribution in [0, 0.1) is 0 Å². The van der Waals surface area contributed by atoms with E-state index in [-0.39, 0.29) is 0 Å². The van der Waals surface area contributed by atoms with Gasteiger partial charge in [0, 0.05) is 11.6 Å². The number of aliphatic hydroxyl groups excluding tert-OH is 1. The molecule has 1 atom stereocenters. The lowest BCUT2D eigenvalue weighted by Gasteiger charge is -2.08. The lowest BCUT2D eigenvalue weighted by Crippen LogP contribution is -1.97. The molecule has 0 fully saturated rings. The van der Waals surface area contributed by atoms with Crippen LogP contribution >= 0.6 is 15.9 Å². The van der Waals surface area contributed by atoms with Crippen molar-refractivity contribution in [3.63, 3.8) is 0 Å². The van der Waals surface area contributed by atoms with Gasteiger partial charge in [-0.1, -0.05) is 12.1 Å². The molecule has 4 heteroatoms. The van der Waals surface area contributed by atoms with Crippen LogP contribution in [0.1, 0.15) is 17.4 Å².